The Labute approximate surface area is 145 Å². The largest absolute Gasteiger partial charge is 0.378 e. The highest BCUT2D eigenvalue weighted by molar-refractivity contribution is 5.80. The molecule has 0 radical (unpaired) electrons. The number of rotatable bonds is 6. The minimum Gasteiger partial charge on any atom is -0.378 e. The standard InChI is InChI=1S/C18H31N5O/c1-5-19-18(23-11-8-16(9-12-23)24-6-2)21-14-15-7-10-20-17(13-15)22(3)4/h7,10,13,16H,5-6,8-9,11-12,14H2,1-4H3,(H,19,21). The van der Waals surface area contributed by atoms with Gasteiger partial charge < -0.3 is 19.9 Å². The molecule has 0 saturated carbocycles. The van der Waals surface area contributed by atoms with Gasteiger partial charge in [0.1, 0.15) is 5.82 Å². The van der Waals surface area contributed by atoms with Crippen molar-refractivity contribution in [3.63, 3.8) is 0 Å². The van der Waals surface area contributed by atoms with E-state index in [9.17, 15) is 0 Å². The predicted octanol–water partition coefficient (Wildman–Crippen LogP) is 2.11. The highest BCUT2D eigenvalue weighted by Crippen LogP contribution is 2.15. The summed E-state index contributed by atoms with van der Waals surface area (Å²) in [5.41, 5.74) is 1.17. The summed E-state index contributed by atoms with van der Waals surface area (Å²) in [5, 5.41) is 3.42. The van der Waals surface area contributed by atoms with Crippen molar-refractivity contribution in [3.8, 4) is 0 Å². The van der Waals surface area contributed by atoms with Gasteiger partial charge in [0.15, 0.2) is 5.96 Å². The molecule has 6 heteroatoms. The molecule has 2 rings (SSSR count). The third-order valence-corrected chi connectivity index (χ3v) is 4.16. The Balaban J connectivity index is 1.99. The first-order chi connectivity index (χ1) is 11.6. The Morgan fingerprint density at radius 1 is 1.38 bits per heavy atom. The van der Waals surface area contributed by atoms with Crippen LogP contribution < -0.4 is 10.2 Å². The summed E-state index contributed by atoms with van der Waals surface area (Å²) in [5.74, 6) is 1.96. The summed E-state index contributed by atoms with van der Waals surface area (Å²) in [4.78, 5) is 13.5. The number of nitrogens with zero attached hydrogens (tertiary/aromatic N) is 4. The van der Waals surface area contributed by atoms with Gasteiger partial charge in [-0.15, -0.1) is 0 Å². The van der Waals surface area contributed by atoms with E-state index in [2.05, 4.69) is 35.1 Å². The monoisotopic (exact) mass is 333 g/mol. The van der Waals surface area contributed by atoms with Crippen molar-refractivity contribution in [1.29, 1.82) is 0 Å². The lowest BCUT2D eigenvalue weighted by Gasteiger charge is -2.34. The molecule has 0 atom stereocenters. The fourth-order valence-electron chi connectivity index (χ4n) is 2.87. The van der Waals surface area contributed by atoms with Crippen LogP contribution >= 0.6 is 0 Å². The maximum absolute atomic E-state index is 5.74. The normalized spacial score (nSPS) is 16.3. The van der Waals surface area contributed by atoms with Crippen molar-refractivity contribution in [3.05, 3.63) is 23.9 Å². The van der Waals surface area contributed by atoms with Crippen molar-refractivity contribution in [2.75, 3.05) is 45.2 Å². The van der Waals surface area contributed by atoms with Crippen LogP contribution in [-0.2, 0) is 11.3 Å². The van der Waals surface area contributed by atoms with Gasteiger partial charge in [0.25, 0.3) is 0 Å². The lowest BCUT2D eigenvalue weighted by atomic mass is 10.1. The minimum atomic E-state index is 0.400. The number of likely N-dealkylation sites (tertiary alicyclic amines) is 1. The van der Waals surface area contributed by atoms with Gasteiger partial charge in [0.2, 0.25) is 0 Å². The van der Waals surface area contributed by atoms with Crippen LogP contribution in [0, 0.1) is 0 Å². The van der Waals surface area contributed by atoms with Gasteiger partial charge >= 0.3 is 0 Å². The summed E-state index contributed by atoms with van der Waals surface area (Å²) in [6.45, 7) is 8.51. The van der Waals surface area contributed by atoms with Gasteiger partial charge in [-0.05, 0) is 44.4 Å². The third-order valence-electron chi connectivity index (χ3n) is 4.16. The highest BCUT2D eigenvalue weighted by Gasteiger charge is 2.21. The number of guanidine groups is 1. The van der Waals surface area contributed by atoms with Crippen LogP contribution in [0.5, 0.6) is 0 Å². The van der Waals surface area contributed by atoms with E-state index in [0.29, 0.717) is 12.6 Å². The van der Waals surface area contributed by atoms with E-state index in [4.69, 9.17) is 9.73 Å². The lowest BCUT2D eigenvalue weighted by molar-refractivity contribution is 0.0263. The lowest BCUT2D eigenvalue weighted by Crippen LogP contribution is -2.47. The molecule has 0 unspecified atom stereocenters. The van der Waals surface area contributed by atoms with Crippen LogP contribution in [0.3, 0.4) is 0 Å². The van der Waals surface area contributed by atoms with E-state index >= 15 is 0 Å². The number of aromatic nitrogens is 1. The number of hydrogen-bond acceptors (Lipinski definition) is 4. The maximum atomic E-state index is 5.74. The topological polar surface area (TPSA) is 53.0 Å². The Morgan fingerprint density at radius 2 is 2.12 bits per heavy atom. The molecule has 6 nitrogen and oxygen atoms in total. The molecular weight excluding hydrogens is 302 g/mol. The second-order valence-corrected chi connectivity index (χ2v) is 6.23. The van der Waals surface area contributed by atoms with Crippen molar-refractivity contribution < 1.29 is 4.74 Å². The van der Waals surface area contributed by atoms with Crippen LogP contribution in [0.2, 0.25) is 0 Å². The predicted molar refractivity (Wildman–Crippen MR) is 99.6 cm³/mol. The second kappa shape index (κ2) is 9.47. The molecule has 1 saturated heterocycles. The Bertz CT molecular complexity index is 524. The van der Waals surface area contributed by atoms with Crippen molar-refractivity contribution in [1.82, 2.24) is 15.2 Å². The summed E-state index contributed by atoms with van der Waals surface area (Å²) in [6, 6.07) is 4.12. The van der Waals surface area contributed by atoms with Gasteiger partial charge in [0.05, 0.1) is 12.6 Å². The van der Waals surface area contributed by atoms with Crippen LogP contribution in [0.4, 0.5) is 5.82 Å². The van der Waals surface area contributed by atoms with Crippen LogP contribution in [0.15, 0.2) is 23.3 Å². The molecule has 2 heterocycles. The van der Waals surface area contributed by atoms with Crippen LogP contribution in [-0.4, -0.2) is 62.3 Å². The zero-order valence-electron chi connectivity index (χ0n) is 15.5. The summed E-state index contributed by atoms with van der Waals surface area (Å²) < 4.78 is 5.74. The van der Waals surface area contributed by atoms with Crippen molar-refractivity contribution in [2.45, 2.75) is 39.3 Å². The summed E-state index contributed by atoms with van der Waals surface area (Å²) >= 11 is 0. The van der Waals surface area contributed by atoms with Gasteiger partial charge in [-0.1, -0.05) is 0 Å². The highest BCUT2D eigenvalue weighted by atomic mass is 16.5. The first-order valence-corrected chi connectivity index (χ1v) is 8.91. The molecule has 1 N–H and O–H groups in total. The number of hydrogen-bond donors (Lipinski definition) is 1. The number of piperidine rings is 1. The Hall–Kier alpha value is -1.82. The third kappa shape index (κ3) is 5.37. The zero-order chi connectivity index (χ0) is 17.4. The molecule has 0 spiro atoms. The first-order valence-electron chi connectivity index (χ1n) is 8.91. The van der Waals surface area contributed by atoms with E-state index < -0.39 is 0 Å². The molecule has 0 aromatic carbocycles. The minimum absolute atomic E-state index is 0.400. The number of ether oxygens (including phenoxy) is 1. The molecule has 1 aliphatic rings. The molecule has 1 aromatic rings. The van der Waals surface area contributed by atoms with Crippen LogP contribution in [0.1, 0.15) is 32.3 Å². The van der Waals surface area contributed by atoms with E-state index in [0.717, 1.165) is 50.9 Å². The van der Waals surface area contributed by atoms with Crippen molar-refractivity contribution >= 4 is 11.8 Å². The van der Waals surface area contributed by atoms with Gasteiger partial charge in [0, 0.05) is 46.5 Å². The van der Waals surface area contributed by atoms with Gasteiger partial charge in [-0.25, -0.2) is 9.98 Å². The Kier molecular flexibility index (Phi) is 7.31. The summed E-state index contributed by atoms with van der Waals surface area (Å²) in [6.07, 6.45) is 4.38. The quantitative estimate of drug-likeness (QED) is 0.638. The zero-order valence-corrected chi connectivity index (χ0v) is 15.5. The van der Waals surface area contributed by atoms with E-state index in [-0.39, 0.29) is 0 Å². The molecule has 0 aliphatic carbocycles. The SMILES string of the molecule is CCNC(=NCc1ccnc(N(C)C)c1)N1CCC(OCC)CC1. The molecule has 1 aliphatic heterocycles. The fraction of sp³-hybridized carbons (Fsp3) is 0.667. The molecule has 0 bridgehead atoms. The number of nitrogens with one attached hydrogen (secondary N) is 1. The number of anilines is 1. The molecule has 134 valence electrons. The summed E-state index contributed by atoms with van der Waals surface area (Å²) in [7, 11) is 4.00. The van der Waals surface area contributed by atoms with Crippen molar-refractivity contribution in [2.24, 2.45) is 4.99 Å². The Morgan fingerprint density at radius 3 is 2.75 bits per heavy atom. The van der Waals surface area contributed by atoms with Gasteiger partial charge in [-0.2, -0.15) is 0 Å². The molecule has 1 aromatic heterocycles. The fourth-order valence-corrected chi connectivity index (χ4v) is 2.87. The number of pyridine rings is 1. The second-order valence-electron chi connectivity index (χ2n) is 6.23. The molecule has 1 fully saturated rings. The number of aliphatic imine (C=N–C) groups is 1. The molecule has 24 heavy (non-hydrogen) atoms. The average Bonchev–Trinajstić information content (AvgIpc) is 2.60. The molecular formula is C18H31N5O. The first kappa shape index (κ1) is 18.5. The molecule has 0 amide bonds. The van der Waals surface area contributed by atoms with Crippen LogP contribution in [0.25, 0.3) is 0 Å². The van der Waals surface area contributed by atoms with Gasteiger partial charge in [-0.3, -0.25) is 0 Å². The average molecular weight is 333 g/mol. The van der Waals surface area contributed by atoms with E-state index in [1.54, 1.807) is 0 Å². The van der Waals surface area contributed by atoms with E-state index in [1.807, 2.05) is 31.3 Å². The smallest absolute Gasteiger partial charge is 0.194 e. The maximum Gasteiger partial charge on any atom is 0.194 e. The van der Waals surface area contributed by atoms with E-state index in [1.165, 1.54) is 5.56 Å².